The third kappa shape index (κ3) is 2.43. The first-order chi connectivity index (χ1) is 7.61. The van der Waals surface area contributed by atoms with Crippen molar-refractivity contribution in [2.24, 2.45) is 11.8 Å². The molecule has 1 rings (SSSR count). The minimum atomic E-state index is -0.823. The van der Waals surface area contributed by atoms with Crippen molar-refractivity contribution in [3.8, 4) is 6.07 Å². The Morgan fingerprint density at radius 3 is 2.62 bits per heavy atom. The Kier molecular flexibility index (Phi) is 4.12. The van der Waals surface area contributed by atoms with Crippen LogP contribution in [0.2, 0.25) is 0 Å². The summed E-state index contributed by atoms with van der Waals surface area (Å²) in [4.78, 5) is 11.5. The number of rotatable bonds is 4. The Labute approximate surface area is 94.8 Å². The van der Waals surface area contributed by atoms with E-state index in [9.17, 15) is 4.79 Å². The molecule has 2 unspecified atom stereocenters. The standard InChI is InChI=1S/C12H15NO3/c1-8(2)11(10-5-4-6-16-10)9(7-13)12(14)15-3/h4-6,8-9,11H,1-3H3. The van der Waals surface area contributed by atoms with Gasteiger partial charge in [0.2, 0.25) is 0 Å². The summed E-state index contributed by atoms with van der Waals surface area (Å²) in [6, 6.07) is 5.51. The summed E-state index contributed by atoms with van der Waals surface area (Å²) in [5.74, 6) is -0.844. The molecule has 0 radical (unpaired) electrons. The molecule has 16 heavy (non-hydrogen) atoms. The van der Waals surface area contributed by atoms with Crippen molar-refractivity contribution >= 4 is 5.97 Å². The van der Waals surface area contributed by atoms with Gasteiger partial charge < -0.3 is 9.15 Å². The van der Waals surface area contributed by atoms with Crippen molar-refractivity contribution in [1.82, 2.24) is 0 Å². The zero-order chi connectivity index (χ0) is 12.1. The van der Waals surface area contributed by atoms with Crippen molar-refractivity contribution in [3.05, 3.63) is 24.2 Å². The van der Waals surface area contributed by atoms with Gasteiger partial charge >= 0.3 is 5.97 Å². The van der Waals surface area contributed by atoms with Crippen LogP contribution < -0.4 is 0 Å². The number of methoxy groups -OCH3 is 1. The molecule has 86 valence electrons. The predicted octanol–water partition coefficient (Wildman–Crippen LogP) is 2.33. The maximum absolute atomic E-state index is 11.5. The molecule has 0 saturated carbocycles. The highest BCUT2D eigenvalue weighted by atomic mass is 16.5. The monoisotopic (exact) mass is 221 g/mol. The molecule has 0 N–H and O–H groups in total. The molecule has 1 aromatic heterocycles. The molecule has 0 spiro atoms. The Hall–Kier alpha value is -1.76. The van der Waals surface area contributed by atoms with Crippen LogP contribution in [0.25, 0.3) is 0 Å². The topological polar surface area (TPSA) is 63.2 Å². The number of nitrogens with zero attached hydrogens (tertiary/aromatic N) is 1. The number of esters is 1. The Morgan fingerprint density at radius 2 is 2.25 bits per heavy atom. The fourth-order valence-electron chi connectivity index (χ4n) is 1.77. The Balaban J connectivity index is 3.02. The van der Waals surface area contributed by atoms with Crippen LogP contribution in [0.3, 0.4) is 0 Å². The first kappa shape index (κ1) is 12.3. The number of ether oxygens (including phenoxy) is 1. The molecule has 2 atom stereocenters. The highest BCUT2D eigenvalue weighted by Gasteiger charge is 2.34. The van der Waals surface area contributed by atoms with Crippen molar-refractivity contribution in [2.45, 2.75) is 19.8 Å². The van der Waals surface area contributed by atoms with Gasteiger partial charge in [-0.15, -0.1) is 0 Å². The summed E-state index contributed by atoms with van der Waals surface area (Å²) in [5, 5.41) is 9.05. The average molecular weight is 221 g/mol. The minimum Gasteiger partial charge on any atom is -0.469 e. The first-order valence-electron chi connectivity index (χ1n) is 5.12. The predicted molar refractivity (Wildman–Crippen MR) is 57.4 cm³/mol. The van der Waals surface area contributed by atoms with Crippen LogP contribution in [0.1, 0.15) is 25.5 Å². The van der Waals surface area contributed by atoms with E-state index >= 15 is 0 Å². The number of carbonyl (C=O) groups excluding carboxylic acids is 1. The molecule has 0 aliphatic rings. The minimum absolute atomic E-state index is 0.120. The highest BCUT2D eigenvalue weighted by Crippen LogP contribution is 2.32. The van der Waals surface area contributed by atoms with Gasteiger partial charge in [0.15, 0.2) is 5.92 Å². The molecule has 0 aliphatic heterocycles. The van der Waals surface area contributed by atoms with Crippen molar-refractivity contribution < 1.29 is 13.9 Å². The van der Waals surface area contributed by atoms with E-state index in [4.69, 9.17) is 9.68 Å². The SMILES string of the molecule is COC(=O)C(C#N)C(c1ccco1)C(C)C. The largest absolute Gasteiger partial charge is 0.469 e. The fraction of sp³-hybridized carbons (Fsp3) is 0.500. The van der Waals surface area contributed by atoms with E-state index in [1.54, 1.807) is 12.1 Å². The van der Waals surface area contributed by atoms with Gasteiger partial charge in [-0.3, -0.25) is 4.79 Å². The highest BCUT2D eigenvalue weighted by molar-refractivity contribution is 5.76. The zero-order valence-electron chi connectivity index (χ0n) is 9.64. The lowest BCUT2D eigenvalue weighted by molar-refractivity contribution is -0.144. The first-order valence-corrected chi connectivity index (χ1v) is 5.12. The number of hydrogen-bond donors (Lipinski definition) is 0. The van der Waals surface area contributed by atoms with Crippen LogP contribution in [-0.2, 0) is 9.53 Å². The number of carbonyl (C=O) groups is 1. The molecule has 1 aromatic rings. The lowest BCUT2D eigenvalue weighted by Crippen LogP contribution is -2.25. The van der Waals surface area contributed by atoms with E-state index in [1.807, 2.05) is 19.9 Å². The summed E-state index contributed by atoms with van der Waals surface area (Å²) in [6.07, 6.45) is 1.54. The second kappa shape index (κ2) is 5.36. The van der Waals surface area contributed by atoms with Gasteiger partial charge in [-0.1, -0.05) is 13.8 Å². The van der Waals surface area contributed by atoms with E-state index in [1.165, 1.54) is 13.4 Å². The molecule has 0 aromatic carbocycles. The maximum Gasteiger partial charge on any atom is 0.323 e. The fourth-order valence-corrected chi connectivity index (χ4v) is 1.77. The van der Waals surface area contributed by atoms with Gasteiger partial charge in [-0.2, -0.15) is 5.26 Å². The molecule has 1 heterocycles. The van der Waals surface area contributed by atoms with Crippen molar-refractivity contribution in [3.63, 3.8) is 0 Å². The van der Waals surface area contributed by atoms with Crippen LogP contribution in [0.15, 0.2) is 22.8 Å². The molecule has 4 nitrogen and oxygen atoms in total. The van der Waals surface area contributed by atoms with Crippen LogP contribution in [-0.4, -0.2) is 13.1 Å². The molecule has 4 heteroatoms. The summed E-state index contributed by atoms with van der Waals surface area (Å²) < 4.78 is 9.90. The van der Waals surface area contributed by atoms with E-state index < -0.39 is 11.9 Å². The molecule has 0 aliphatic carbocycles. The van der Waals surface area contributed by atoms with Gasteiger partial charge in [0.25, 0.3) is 0 Å². The van der Waals surface area contributed by atoms with Gasteiger partial charge in [0.1, 0.15) is 5.76 Å². The normalized spacial score (nSPS) is 14.2. The molecule has 0 fully saturated rings. The van der Waals surface area contributed by atoms with Gasteiger partial charge in [0.05, 0.1) is 19.4 Å². The molecule has 0 saturated heterocycles. The van der Waals surface area contributed by atoms with Crippen LogP contribution in [0.4, 0.5) is 0 Å². The van der Waals surface area contributed by atoms with Crippen LogP contribution >= 0.6 is 0 Å². The van der Waals surface area contributed by atoms with Gasteiger partial charge in [-0.05, 0) is 18.1 Å². The van der Waals surface area contributed by atoms with E-state index in [0.717, 1.165) is 0 Å². The van der Waals surface area contributed by atoms with E-state index in [-0.39, 0.29) is 11.8 Å². The quantitative estimate of drug-likeness (QED) is 0.732. The lowest BCUT2D eigenvalue weighted by Gasteiger charge is -2.21. The van der Waals surface area contributed by atoms with Crippen LogP contribution in [0, 0.1) is 23.2 Å². The second-order valence-corrected chi connectivity index (χ2v) is 3.92. The summed E-state index contributed by atoms with van der Waals surface area (Å²) in [7, 11) is 1.28. The maximum atomic E-state index is 11.5. The molecule has 0 bridgehead atoms. The molecular formula is C12H15NO3. The average Bonchev–Trinajstić information content (AvgIpc) is 2.77. The summed E-state index contributed by atoms with van der Waals surface area (Å²) in [5.41, 5.74) is 0. The van der Waals surface area contributed by atoms with E-state index in [0.29, 0.717) is 5.76 Å². The molecular weight excluding hydrogens is 206 g/mol. The van der Waals surface area contributed by atoms with Crippen LogP contribution in [0.5, 0.6) is 0 Å². The number of nitriles is 1. The van der Waals surface area contributed by atoms with Crippen molar-refractivity contribution in [2.75, 3.05) is 7.11 Å². The Morgan fingerprint density at radius 1 is 1.56 bits per heavy atom. The Bertz CT molecular complexity index is 375. The van der Waals surface area contributed by atoms with Gasteiger partial charge in [0, 0.05) is 5.92 Å². The van der Waals surface area contributed by atoms with E-state index in [2.05, 4.69) is 4.74 Å². The summed E-state index contributed by atoms with van der Waals surface area (Å²) >= 11 is 0. The number of furan rings is 1. The number of hydrogen-bond acceptors (Lipinski definition) is 4. The van der Waals surface area contributed by atoms with Crippen molar-refractivity contribution in [1.29, 1.82) is 5.26 Å². The lowest BCUT2D eigenvalue weighted by atomic mass is 9.82. The summed E-state index contributed by atoms with van der Waals surface area (Å²) in [6.45, 7) is 3.89. The second-order valence-electron chi connectivity index (χ2n) is 3.92. The third-order valence-corrected chi connectivity index (χ3v) is 2.54. The smallest absolute Gasteiger partial charge is 0.323 e. The zero-order valence-corrected chi connectivity index (χ0v) is 9.64. The third-order valence-electron chi connectivity index (χ3n) is 2.54. The van der Waals surface area contributed by atoms with Gasteiger partial charge in [-0.25, -0.2) is 0 Å². The molecule has 0 amide bonds.